The monoisotopic (exact) mass is 555 g/mol. The Morgan fingerprint density at radius 1 is 1.12 bits per heavy atom. The van der Waals surface area contributed by atoms with E-state index in [2.05, 4.69) is 24.9 Å². The van der Waals surface area contributed by atoms with Crippen LogP contribution < -0.4 is 5.73 Å². The lowest BCUT2D eigenvalue weighted by atomic mass is 10.0. The van der Waals surface area contributed by atoms with Crippen molar-refractivity contribution in [3.8, 4) is 22.5 Å². The summed E-state index contributed by atoms with van der Waals surface area (Å²) in [6.45, 7) is 7.86. The Labute approximate surface area is 229 Å². The van der Waals surface area contributed by atoms with Crippen molar-refractivity contribution in [1.82, 2.24) is 33.9 Å². The molecule has 2 N–H and O–H groups in total. The molecule has 13 heteroatoms. The number of nitrogen functional groups attached to an aromatic ring is 1. The van der Waals surface area contributed by atoms with Crippen LogP contribution in [0.25, 0.3) is 33.0 Å². The van der Waals surface area contributed by atoms with Crippen molar-refractivity contribution in [3.63, 3.8) is 0 Å². The van der Waals surface area contributed by atoms with E-state index in [1.165, 1.54) is 21.2 Å². The van der Waals surface area contributed by atoms with Gasteiger partial charge in [-0.15, -0.1) is 5.10 Å². The zero-order valence-electron chi connectivity index (χ0n) is 21.1. The molecule has 1 aliphatic heterocycles. The van der Waals surface area contributed by atoms with Crippen LogP contribution >= 0.6 is 0 Å². The normalized spacial score (nSPS) is 14.9. The predicted molar refractivity (Wildman–Crippen MR) is 146 cm³/mol. The molecule has 1 fully saturated rings. The summed E-state index contributed by atoms with van der Waals surface area (Å²) in [6.07, 6.45) is 3.53. The fourth-order valence-electron chi connectivity index (χ4n) is 4.85. The number of rotatable bonds is 6. The van der Waals surface area contributed by atoms with Gasteiger partial charge in [-0.1, -0.05) is 30.3 Å². The number of hydrogen-bond acceptors (Lipinski definition) is 8. The van der Waals surface area contributed by atoms with Gasteiger partial charge in [0.1, 0.15) is 12.1 Å². The number of hydrogen-bond donors (Lipinski definition) is 1. The number of aromatic nitrogens is 6. The summed E-state index contributed by atoms with van der Waals surface area (Å²) in [5, 5.41) is 4.53. The molecule has 1 saturated heterocycles. The van der Waals surface area contributed by atoms with Crippen LogP contribution in [0.4, 0.5) is 16.0 Å². The van der Waals surface area contributed by atoms with Crippen LogP contribution in [0.5, 0.6) is 0 Å². The van der Waals surface area contributed by atoms with Crippen LogP contribution in [0.15, 0.2) is 61.1 Å². The summed E-state index contributed by atoms with van der Waals surface area (Å²) in [7, 11) is -3.37. The van der Waals surface area contributed by atoms with Crippen molar-refractivity contribution in [1.29, 1.82) is 0 Å². The molecule has 40 heavy (non-hydrogen) atoms. The highest BCUT2D eigenvalue weighted by atomic mass is 32.2. The lowest BCUT2D eigenvalue weighted by Gasteiger charge is -2.17. The topological polar surface area (TPSA) is 137 Å². The summed E-state index contributed by atoms with van der Waals surface area (Å²) in [4.78, 5) is 21.2. The molecule has 11 nitrogen and oxygen atoms in total. The van der Waals surface area contributed by atoms with E-state index in [4.69, 9.17) is 17.3 Å². The number of sulfonamides is 1. The first kappa shape index (κ1) is 25.5. The van der Waals surface area contributed by atoms with Gasteiger partial charge in [-0.25, -0.2) is 37.6 Å². The molecule has 0 atom stereocenters. The smallest absolute Gasteiger partial charge is 0.223 e. The molecule has 0 unspecified atom stereocenters. The van der Waals surface area contributed by atoms with Gasteiger partial charge in [-0.2, -0.15) is 8.82 Å². The SMILES string of the molecule is [C-]#[N+]c1cccc(-c2nc(N)n3nc(Cc4c(F)cccc4CN4CCCS4(=O)=O)nc3c2-c2ccncn2)c1. The van der Waals surface area contributed by atoms with Gasteiger partial charge in [0.05, 0.1) is 29.3 Å². The maximum Gasteiger partial charge on any atom is 0.223 e. The van der Waals surface area contributed by atoms with E-state index in [1.54, 1.807) is 42.6 Å². The zero-order valence-corrected chi connectivity index (χ0v) is 21.9. The molecule has 0 aliphatic carbocycles. The summed E-state index contributed by atoms with van der Waals surface area (Å²) >= 11 is 0. The molecule has 0 radical (unpaired) electrons. The highest BCUT2D eigenvalue weighted by molar-refractivity contribution is 7.89. The Balaban J connectivity index is 1.48. The molecule has 5 aromatic rings. The molecule has 6 rings (SSSR count). The van der Waals surface area contributed by atoms with Crippen LogP contribution in [0.3, 0.4) is 0 Å². The summed E-state index contributed by atoms with van der Waals surface area (Å²) < 4.78 is 42.7. The minimum absolute atomic E-state index is 0.00275. The van der Waals surface area contributed by atoms with Gasteiger partial charge in [0.2, 0.25) is 16.0 Å². The standard InChI is InChI=1S/C27H22FN9O2S/c1-30-19-7-2-5-17(13-19)25-24(22-9-10-31-16-32-22)26-33-23(35-37(26)27(29)34-25)14-20-18(6-3-8-21(20)28)15-36-11-4-12-40(36,38)39/h2-3,5-10,13,16H,4,11-12,14-15H2,(H2,29,34). The molecule has 3 aromatic heterocycles. The number of anilines is 1. The van der Waals surface area contributed by atoms with E-state index in [1.807, 2.05) is 6.07 Å². The molecule has 4 heterocycles. The second-order valence-corrected chi connectivity index (χ2v) is 11.4. The molecule has 0 saturated carbocycles. The first-order valence-corrected chi connectivity index (χ1v) is 14.0. The number of halogens is 1. The predicted octanol–water partition coefficient (Wildman–Crippen LogP) is 3.65. The first-order valence-electron chi connectivity index (χ1n) is 12.4. The van der Waals surface area contributed by atoms with E-state index in [9.17, 15) is 8.42 Å². The Bertz CT molecular complexity index is 1900. The van der Waals surface area contributed by atoms with Crippen LogP contribution in [0, 0.1) is 12.4 Å². The van der Waals surface area contributed by atoms with E-state index in [-0.39, 0.29) is 30.5 Å². The lowest BCUT2D eigenvalue weighted by molar-refractivity contribution is 0.436. The van der Waals surface area contributed by atoms with Gasteiger partial charge >= 0.3 is 0 Å². The minimum Gasteiger partial charge on any atom is -0.368 e. The number of fused-ring (bicyclic) bond motifs is 1. The van der Waals surface area contributed by atoms with Crippen molar-refractivity contribution in [3.05, 3.63) is 95.2 Å². The molecular weight excluding hydrogens is 533 g/mol. The van der Waals surface area contributed by atoms with Crippen LogP contribution in [-0.2, 0) is 23.0 Å². The maximum atomic E-state index is 15.1. The number of nitrogens with zero attached hydrogens (tertiary/aromatic N) is 8. The van der Waals surface area contributed by atoms with Crippen molar-refractivity contribution in [2.45, 2.75) is 19.4 Å². The van der Waals surface area contributed by atoms with E-state index in [0.717, 1.165) is 0 Å². The van der Waals surface area contributed by atoms with Gasteiger partial charge in [0, 0.05) is 25.7 Å². The van der Waals surface area contributed by atoms with E-state index >= 15 is 4.39 Å². The third-order valence-electron chi connectivity index (χ3n) is 6.74. The van der Waals surface area contributed by atoms with Gasteiger partial charge in [-0.05, 0) is 41.3 Å². The Hall–Kier alpha value is -4.80. The number of benzene rings is 2. The average molecular weight is 556 g/mol. The summed E-state index contributed by atoms with van der Waals surface area (Å²) in [5.74, 6) is -0.0740. The highest BCUT2D eigenvalue weighted by Crippen LogP contribution is 2.35. The van der Waals surface area contributed by atoms with Crippen molar-refractivity contribution in [2.24, 2.45) is 0 Å². The Kier molecular flexibility index (Phi) is 6.41. The first-order chi connectivity index (χ1) is 19.3. The van der Waals surface area contributed by atoms with Crippen LogP contribution in [-0.4, -0.2) is 54.6 Å². The molecule has 0 bridgehead atoms. The van der Waals surface area contributed by atoms with Gasteiger partial charge in [0.25, 0.3) is 0 Å². The highest BCUT2D eigenvalue weighted by Gasteiger charge is 2.29. The zero-order chi connectivity index (χ0) is 27.9. The molecule has 0 amide bonds. The third kappa shape index (κ3) is 4.63. The second-order valence-electron chi connectivity index (χ2n) is 9.27. The molecule has 0 spiro atoms. The second kappa shape index (κ2) is 10.1. The van der Waals surface area contributed by atoms with Crippen molar-refractivity contribution < 1.29 is 12.8 Å². The summed E-state index contributed by atoms with van der Waals surface area (Å²) in [6, 6.07) is 13.3. The minimum atomic E-state index is -3.37. The Morgan fingerprint density at radius 3 is 2.73 bits per heavy atom. The van der Waals surface area contributed by atoms with Crippen molar-refractivity contribution in [2.75, 3.05) is 18.0 Å². The molecule has 1 aliphatic rings. The fourth-order valence-corrected chi connectivity index (χ4v) is 6.34. The van der Waals surface area contributed by atoms with Crippen LogP contribution in [0.1, 0.15) is 23.4 Å². The summed E-state index contributed by atoms with van der Waals surface area (Å²) in [5.41, 5.74) is 10.1. The number of nitrogens with two attached hydrogens (primary N) is 1. The quantitative estimate of drug-likeness (QED) is 0.314. The van der Waals surface area contributed by atoms with Gasteiger partial charge in [-0.3, -0.25) is 0 Å². The average Bonchev–Trinajstić information content (AvgIpc) is 3.53. The molecule has 2 aromatic carbocycles. The lowest BCUT2D eigenvalue weighted by Crippen LogP contribution is -2.26. The van der Waals surface area contributed by atoms with E-state index in [0.29, 0.717) is 57.9 Å². The molecular formula is C27H22FN9O2S. The maximum absolute atomic E-state index is 15.1. The largest absolute Gasteiger partial charge is 0.368 e. The van der Waals surface area contributed by atoms with Gasteiger partial charge in [0.15, 0.2) is 17.2 Å². The van der Waals surface area contributed by atoms with Crippen LogP contribution in [0.2, 0.25) is 0 Å². The molecule has 200 valence electrons. The van der Waals surface area contributed by atoms with Crippen molar-refractivity contribution >= 4 is 27.3 Å². The van der Waals surface area contributed by atoms with Gasteiger partial charge < -0.3 is 5.73 Å². The Morgan fingerprint density at radius 2 is 1.98 bits per heavy atom. The fraction of sp³-hybridized carbons (Fsp3) is 0.185. The third-order valence-corrected chi connectivity index (χ3v) is 8.65. The van der Waals surface area contributed by atoms with E-state index < -0.39 is 15.8 Å².